The monoisotopic (exact) mass is 275 g/mol. The van der Waals surface area contributed by atoms with Gasteiger partial charge in [0.1, 0.15) is 0 Å². The van der Waals surface area contributed by atoms with Crippen LogP contribution in [0.25, 0.3) is 11.0 Å². The van der Waals surface area contributed by atoms with Crippen LogP contribution < -0.4 is 28.5 Å². The Morgan fingerprint density at radius 1 is 1.50 bits per heavy atom. The maximum absolute atomic E-state index is 4.02. The molecule has 4 heteroatoms. The number of aryl methyl sites for hydroxylation is 2. The highest BCUT2D eigenvalue weighted by molar-refractivity contribution is 5.69. The number of halogens is 1. The zero-order valence-electron chi connectivity index (χ0n) is 7.00. The Labute approximate surface area is 87.8 Å². The Bertz CT molecular complexity index is 394. The second-order valence-corrected chi connectivity index (χ2v) is 2.66. The maximum atomic E-state index is 4.02. The van der Waals surface area contributed by atoms with Gasteiger partial charge in [-0.15, -0.1) is 0 Å². The van der Waals surface area contributed by atoms with Crippen molar-refractivity contribution in [2.75, 3.05) is 0 Å². The van der Waals surface area contributed by atoms with Gasteiger partial charge < -0.3 is 24.0 Å². The first-order valence-corrected chi connectivity index (χ1v) is 3.57. The lowest BCUT2D eigenvalue weighted by Crippen LogP contribution is -3.00. The fourth-order valence-electron chi connectivity index (χ4n) is 1.24. The lowest BCUT2D eigenvalue weighted by molar-refractivity contribution is -0.651. The molecule has 64 valence electrons. The summed E-state index contributed by atoms with van der Waals surface area (Å²) in [6.07, 6.45) is 3.64. The molecule has 0 aromatic carbocycles. The predicted molar refractivity (Wildman–Crippen MR) is 42.0 cm³/mol. The number of fused-ring (bicyclic) bond motifs is 1. The largest absolute Gasteiger partial charge is 1.00 e. The summed E-state index contributed by atoms with van der Waals surface area (Å²) < 4.78 is 2.11. The summed E-state index contributed by atoms with van der Waals surface area (Å²) >= 11 is 0. The van der Waals surface area contributed by atoms with Gasteiger partial charge in [-0.25, -0.2) is 9.55 Å². The van der Waals surface area contributed by atoms with Crippen LogP contribution in [0, 0.1) is 6.92 Å². The first kappa shape index (κ1) is 9.44. The molecule has 0 aliphatic rings. The van der Waals surface area contributed by atoms with Gasteiger partial charge in [0.2, 0.25) is 0 Å². The zero-order chi connectivity index (χ0) is 7.84. The number of rotatable bonds is 0. The van der Waals surface area contributed by atoms with Gasteiger partial charge in [-0.05, 0) is 0 Å². The van der Waals surface area contributed by atoms with Gasteiger partial charge in [-0.1, -0.05) is 0 Å². The summed E-state index contributed by atoms with van der Waals surface area (Å²) in [6.45, 7) is 2.04. The average Bonchev–Trinajstić information content (AvgIpc) is 2.30. The molecule has 0 bridgehead atoms. The molecule has 0 saturated heterocycles. The standard InChI is InChI=1S/C8H9N3.HI/c1-6-10-7-5-9-4-3-8(7)11(6)2;/h3-5H,1-2H3;1H. The van der Waals surface area contributed by atoms with E-state index in [1.807, 2.05) is 26.2 Å². The summed E-state index contributed by atoms with van der Waals surface area (Å²) in [7, 11) is 2.04. The number of H-pyrrole nitrogens is 1. The predicted octanol–water partition coefficient (Wildman–Crippen LogP) is -2.30. The molecular formula is C8H10IN3. The molecule has 1 N–H and O–H groups in total. The summed E-state index contributed by atoms with van der Waals surface area (Å²) in [5.74, 6) is 1.15. The molecule has 0 amide bonds. The van der Waals surface area contributed by atoms with Crippen LogP contribution in [0.3, 0.4) is 0 Å². The van der Waals surface area contributed by atoms with E-state index in [1.165, 1.54) is 5.52 Å². The van der Waals surface area contributed by atoms with Crippen LogP contribution in [0.1, 0.15) is 5.82 Å². The summed E-state index contributed by atoms with van der Waals surface area (Å²) in [5.41, 5.74) is 2.28. The lowest BCUT2D eigenvalue weighted by atomic mass is 10.4. The minimum absolute atomic E-state index is 0. The van der Waals surface area contributed by atoms with E-state index in [4.69, 9.17) is 0 Å². The number of pyridine rings is 1. The fourth-order valence-corrected chi connectivity index (χ4v) is 1.24. The maximum Gasteiger partial charge on any atom is 0.251 e. The second kappa shape index (κ2) is 3.38. The van der Waals surface area contributed by atoms with Crippen molar-refractivity contribution in [3.8, 4) is 0 Å². The molecule has 0 aliphatic carbocycles. The Hall–Kier alpha value is -0.650. The number of aromatic nitrogens is 3. The third kappa shape index (κ3) is 1.31. The zero-order valence-corrected chi connectivity index (χ0v) is 9.16. The van der Waals surface area contributed by atoms with Gasteiger partial charge >= 0.3 is 0 Å². The fraction of sp³-hybridized carbons (Fsp3) is 0.250. The lowest BCUT2D eigenvalue weighted by Gasteiger charge is -1.84. The third-order valence-corrected chi connectivity index (χ3v) is 1.98. The normalized spacial score (nSPS) is 9.83. The summed E-state index contributed by atoms with van der Waals surface area (Å²) in [4.78, 5) is 7.25. The smallest absolute Gasteiger partial charge is 0.251 e. The van der Waals surface area contributed by atoms with Crippen LogP contribution in [0.2, 0.25) is 0 Å². The van der Waals surface area contributed by atoms with Crippen LogP contribution in [-0.2, 0) is 7.05 Å². The van der Waals surface area contributed by atoms with Gasteiger partial charge in [0.25, 0.3) is 5.82 Å². The molecule has 0 atom stereocenters. The second-order valence-electron chi connectivity index (χ2n) is 2.66. The SMILES string of the molecule is Cc1[nH]c2cnccc2[n+]1C.[I-]. The van der Waals surface area contributed by atoms with Crippen LogP contribution >= 0.6 is 0 Å². The topological polar surface area (TPSA) is 32.6 Å². The highest BCUT2D eigenvalue weighted by Gasteiger charge is 2.08. The van der Waals surface area contributed by atoms with Gasteiger partial charge in [-0.2, -0.15) is 0 Å². The number of nitrogens with one attached hydrogen (secondary N) is 1. The Kier molecular flexibility index (Phi) is 2.66. The highest BCUT2D eigenvalue weighted by atomic mass is 127. The first-order valence-electron chi connectivity index (χ1n) is 3.57. The molecule has 0 unspecified atom stereocenters. The molecule has 0 fully saturated rings. The number of hydrogen-bond donors (Lipinski definition) is 1. The molecular weight excluding hydrogens is 265 g/mol. The molecule has 2 aromatic rings. The molecule has 2 rings (SSSR count). The van der Waals surface area contributed by atoms with Crippen LogP contribution in [0.5, 0.6) is 0 Å². The van der Waals surface area contributed by atoms with Gasteiger partial charge in [0.15, 0.2) is 11.0 Å². The number of aromatic amines is 1. The quantitative estimate of drug-likeness (QED) is 0.426. The van der Waals surface area contributed by atoms with Crippen molar-refractivity contribution in [2.45, 2.75) is 6.92 Å². The number of nitrogens with zero attached hydrogens (tertiary/aromatic N) is 2. The van der Waals surface area contributed by atoms with Gasteiger partial charge in [0, 0.05) is 19.2 Å². The molecule has 2 heterocycles. The van der Waals surface area contributed by atoms with E-state index >= 15 is 0 Å². The van der Waals surface area contributed by atoms with Crippen LogP contribution in [0.15, 0.2) is 18.5 Å². The van der Waals surface area contributed by atoms with Gasteiger partial charge in [-0.3, -0.25) is 4.98 Å². The molecule has 3 nitrogen and oxygen atoms in total. The number of imidazole rings is 1. The van der Waals surface area contributed by atoms with Crippen molar-refractivity contribution >= 4 is 11.0 Å². The summed E-state index contributed by atoms with van der Waals surface area (Å²) in [5, 5.41) is 0. The molecule has 0 radical (unpaired) electrons. The van der Waals surface area contributed by atoms with Gasteiger partial charge in [0.05, 0.1) is 13.2 Å². The van der Waals surface area contributed by atoms with E-state index in [0.717, 1.165) is 11.3 Å². The average molecular weight is 275 g/mol. The number of hydrogen-bond acceptors (Lipinski definition) is 1. The van der Waals surface area contributed by atoms with E-state index in [-0.39, 0.29) is 24.0 Å². The molecule has 2 aromatic heterocycles. The van der Waals surface area contributed by atoms with Crippen molar-refractivity contribution in [3.05, 3.63) is 24.3 Å². The Morgan fingerprint density at radius 2 is 2.25 bits per heavy atom. The van der Waals surface area contributed by atoms with E-state index < -0.39 is 0 Å². The van der Waals surface area contributed by atoms with E-state index in [1.54, 1.807) is 6.20 Å². The van der Waals surface area contributed by atoms with Crippen molar-refractivity contribution in [1.29, 1.82) is 0 Å². The van der Waals surface area contributed by atoms with Crippen molar-refractivity contribution in [2.24, 2.45) is 7.05 Å². The van der Waals surface area contributed by atoms with E-state index in [2.05, 4.69) is 14.5 Å². The molecule has 12 heavy (non-hydrogen) atoms. The molecule has 0 saturated carbocycles. The molecule has 0 spiro atoms. The van der Waals surface area contributed by atoms with E-state index in [0.29, 0.717) is 0 Å². The highest BCUT2D eigenvalue weighted by Crippen LogP contribution is 2.04. The minimum atomic E-state index is 0. The van der Waals surface area contributed by atoms with Crippen LogP contribution in [-0.4, -0.2) is 9.97 Å². The summed E-state index contributed by atoms with van der Waals surface area (Å²) in [6, 6.07) is 2.00. The Morgan fingerprint density at radius 3 is 2.92 bits per heavy atom. The first-order chi connectivity index (χ1) is 5.29. The van der Waals surface area contributed by atoms with Crippen molar-refractivity contribution in [3.63, 3.8) is 0 Å². The minimum Gasteiger partial charge on any atom is -1.00 e. The van der Waals surface area contributed by atoms with Crippen molar-refractivity contribution in [1.82, 2.24) is 9.97 Å². The molecule has 0 aliphatic heterocycles. The Balaban J connectivity index is 0.000000720. The van der Waals surface area contributed by atoms with Crippen LogP contribution in [0.4, 0.5) is 0 Å². The third-order valence-electron chi connectivity index (χ3n) is 1.98. The van der Waals surface area contributed by atoms with Crippen molar-refractivity contribution < 1.29 is 28.5 Å². The van der Waals surface area contributed by atoms with E-state index in [9.17, 15) is 0 Å².